The number of carbonyl (C=O) groups is 1. The Morgan fingerprint density at radius 2 is 1.92 bits per heavy atom. The number of ether oxygens (including phenoxy) is 2. The molecule has 0 spiro atoms. The fraction of sp³-hybridized carbons (Fsp3) is 0.419. The minimum absolute atomic E-state index is 0.0941. The van der Waals surface area contributed by atoms with Gasteiger partial charge in [0.25, 0.3) is 0 Å². The standard InChI is InChI=1S/C31H35FN2O4/c1-30(14-15-33-19-30)22-17-25(20-4-7-23(32)8-5-20)34-29(18-22)31(2,36)13-12-26(35)21-6-11-27(28(16-21)37-3)38-24-9-10-24/h4-8,11,16-18,24,33,36H,9-10,12-15,19H2,1-3H3. The topological polar surface area (TPSA) is 80.7 Å². The summed E-state index contributed by atoms with van der Waals surface area (Å²) >= 11 is 0. The fourth-order valence-electron chi connectivity index (χ4n) is 4.92. The lowest BCUT2D eigenvalue weighted by molar-refractivity contribution is 0.0396. The summed E-state index contributed by atoms with van der Waals surface area (Å²) in [7, 11) is 1.56. The van der Waals surface area contributed by atoms with E-state index in [1.54, 1.807) is 44.4 Å². The number of benzene rings is 2. The van der Waals surface area contributed by atoms with Crippen LogP contribution in [0.15, 0.2) is 54.6 Å². The van der Waals surface area contributed by atoms with Crippen LogP contribution in [0, 0.1) is 5.82 Å². The minimum atomic E-state index is -1.35. The van der Waals surface area contributed by atoms with Crippen LogP contribution in [0.2, 0.25) is 0 Å². The van der Waals surface area contributed by atoms with Crippen molar-refractivity contribution in [3.05, 3.63) is 77.2 Å². The Labute approximate surface area is 223 Å². The van der Waals surface area contributed by atoms with Crippen molar-refractivity contribution in [2.45, 2.75) is 63.1 Å². The van der Waals surface area contributed by atoms with Gasteiger partial charge in [-0.1, -0.05) is 6.92 Å². The molecule has 0 bridgehead atoms. The Bertz CT molecular complexity index is 1310. The molecule has 0 amide bonds. The van der Waals surface area contributed by atoms with Crippen LogP contribution in [-0.4, -0.2) is 42.2 Å². The molecule has 2 atom stereocenters. The number of methoxy groups -OCH3 is 1. The van der Waals surface area contributed by atoms with E-state index in [4.69, 9.17) is 14.5 Å². The molecule has 200 valence electrons. The Morgan fingerprint density at radius 1 is 1.16 bits per heavy atom. The highest BCUT2D eigenvalue weighted by molar-refractivity contribution is 5.96. The molecular weight excluding hydrogens is 483 g/mol. The van der Waals surface area contributed by atoms with Crippen molar-refractivity contribution >= 4 is 5.78 Å². The predicted octanol–water partition coefficient (Wildman–Crippen LogP) is 5.56. The first-order valence-electron chi connectivity index (χ1n) is 13.3. The lowest BCUT2D eigenvalue weighted by Gasteiger charge is -2.28. The van der Waals surface area contributed by atoms with Crippen molar-refractivity contribution in [1.82, 2.24) is 10.3 Å². The second kappa shape index (κ2) is 10.5. The van der Waals surface area contributed by atoms with E-state index in [0.29, 0.717) is 28.5 Å². The zero-order valence-corrected chi connectivity index (χ0v) is 22.2. The van der Waals surface area contributed by atoms with E-state index in [1.807, 2.05) is 12.1 Å². The number of nitrogens with zero attached hydrogens (tertiary/aromatic N) is 1. The highest BCUT2D eigenvalue weighted by Gasteiger charge is 2.34. The zero-order valence-electron chi connectivity index (χ0n) is 22.2. The molecule has 2 aromatic carbocycles. The molecule has 1 aromatic heterocycles. The average molecular weight is 519 g/mol. The van der Waals surface area contributed by atoms with Crippen LogP contribution in [0.3, 0.4) is 0 Å². The van der Waals surface area contributed by atoms with Crippen molar-refractivity contribution in [3.8, 4) is 22.8 Å². The van der Waals surface area contributed by atoms with E-state index in [9.17, 15) is 14.3 Å². The summed E-state index contributed by atoms with van der Waals surface area (Å²) in [4.78, 5) is 17.9. The second-order valence-corrected chi connectivity index (χ2v) is 11.0. The molecule has 2 N–H and O–H groups in total. The number of Topliss-reactive ketones (excluding diaryl/α,β-unsaturated/α-hetero) is 1. The van der Waals surface area contributed by atoms with Crippen molar-refractivity contribution in [1.29, 1.82) is 0 Å². The van der Waals surface area contributed by atoms with Gasteiger partial charge in [-0.2, -0.15) is 0 Å². The van der Waals surface area contributed by atoms with Crippen molar-refractivity contribution in [3.63, 3.8) is 0 Å². The molecule has 2 aliphatic rings. The van der Waals surface area contributed by atoms with Crippen molar-refractivity contribution in [2.24, 2.45) is 0 Å². The summed E-state index contributed by atoms with van der Waals surface area (Å²) in [6.45, 7) is 5.63. The molecule has 1 aliphatic carbocycles. The average Bonchev–Trinajstić information content (AvgIpc) is 3.63. The van der Waals surface area contributed by atoms with Gasteiger partial charge in [-0.15, -0.1) is 0 Å². The molecule has 5 rings (SSSR count). The summed E-state index contributed by atoms with van der Waals surface area (Å²) < 4.78 is 24.9. The maximum atomic E-state index is 13.6. The highest BCUT2D eigenvalue weighted by Crippen LogP contribution is 2.37. The van der Waals surface area contributed by atoms with E-state index >= 15 is 0 Å². The second-order valence-electron chi connectivity index (χ2n) is 11.0. The molecule has 7 heteroatoms. The molecule has 1 saturated heterocycles. The third-order valence-corrected chi connectivity index (χ3v) is 7.73. The number of aromatic nitrogens is 1. The number of aliphatic hydroxyl groups is 1. The molecule has 2 heterocycles. The predicted molar refractivity (Wildman–Crippen MR) is 144 cm³/mol. The summed E-state index contributed by atoms with van der Waals surface area (Å²) in [5, 5.41) is 15.0. The Kier molecular flexibility index (Phi) is 7.25. The number of carbonyl (C=O) groups excluding carboxylic acids is 1. The Morgan fingerprint density at radius 3 is 2.58 bits per heavy atom. The summed E-state index contributed by atoms with van der Waals surface area (Å²) in [5.41, 5.74) is 2.07. The number of pyridine rings is 1. The van der Waals surface area contributed by atoms with Crippen LogP contribution in [0.4, 0.5) is 4.39 Å². The lowest BCUT2D eigenvalue weighted by atomic mass is 9.80. The van der Waals surface area contributed by atoms with Crippen molar-refractivity contribution in [2.75, 3.05) is 20.2 Å². The molecule has 2 unspecified atom stereocenters. The van der Waals surface area contributed by atoms with Gasteiger partial charge in [0.2, 0.25) is 0 Å². The Hall–Kier alpha value is -3.29. The van der Waals surface area contributed by atoms with Gasteiger partial charge >= 0.3 is 0 Å². The monoisotopic (exact) mass is 518 g/mol. The van der Waals surface area contributed by atoms with E-state index in [1.165, 1.54) is 12.1 Å². The molecule has 1 aliphatic heterocycles. The van der Waals surface area contributed by atoms with Gasteiger partial charge in [-0.05, 0) is 99.3 Å². The third kappa shape index (κ3) is 5.74. The summed E-state index contributed by atoms with van der Waals surface area (Å²) in [6, 6.07) is 15.4. The fourth-order valence-corrected chi connectivity index (χ4v) is 4.92. The number of rotatable bonds is 10. The molecular formula is C31H35FN2O4. The van der Waals surface area contributed by atoms with Crippen molar-refractivity contribution < 1.29 is 23.8 Å². The largest absolute Gasteiger partial charge is 0.493 e. The van der Waals surface area contributed by atoms with E-state index < -0.39 is 5.60 Å². The maximum absolute atomic E-state index is 13.6. The van der Waals surface area contributed by atoms with Crippen LogP contribution in [0.5, 0.6) is 11.5 Å². The summed E-state index contributed by atoms with van der Waals surface area (Å²) in [5.74, 6) is 0.767. The molecule has 0 radical (unpaired) electrons. The molecule has 3 aromatic rings. The van der Waals surface area contributed by atoms with Gasteiger partial charge in [-0.3, -0.25) is 4.79 Å². The quantitative estimate of drug-likeness (QED) is 0.342. The lowest BCUT2D eigenvalue weighted by Crippen LogP contribution is -2.28. The van der Waals surface area contributed by atoms with E-state index in [0.717, 1.165) is 43.5 Å². The maximum Gasteiger partial charge on any atom is 0.163 e. The van der Waals surface area contributed by atoms with Crippen LogP contribution < -0.4 is 14.8 Å². The first kappa shape index (κ1) is 26.3. The van der Waals surface area contributed by atoms with Gasteiger partial charge < -0.3 is 19.9 Å². The van der Waals surface area contributed by atoms with Crippen LogP contribution in [0.1, 0.15) is 67.6 Å². The number of nitrogens with one attached hydrogen (secondary N) is 1. The van der Waals surface area contributed by atoms with Gasteiger partial charge in [0.1, 0.15) is 11.4 Å². The molecule has 6 nitrogen and oxygen atoms in total. The number of ketones is 1. The smallest absolute Gasteiger partial charge is 0.163 e. The first-order valence-corrected chi connectivity index (χ1v) is 13.3. The van der Waals surface area contributed by atoms with Gasteiger partial charge in [0, 0.05) is 29.5 Å². The van der Waals surface area contributed by atoms with E-state index in [2.05, 4.69) is 12.2 Å². The van der Waals surface area contributed by atoms with E-state index in [-0.39, 0.29) is 36.0 Å². The van der Waals surface area contributed by atoms with Gasteiger partial charge in [0.15, 0.2) is 17.3 Å². The zero-order chi connectivity index (χ0) is 26.9. The molecule has 1 saturated carbocycles. The van der Waals surface area contributed by atoms with Gasteiger partial charge in [-0.25, -0.2) is 9.37 Å². The first-order chi connectivity index (χ1) is 18.2. The highest BCUT2D eigenvalue weighted by atomic mass is 19.1. The number of hydrogen-bond donors (Lipinski definition) is 2. The minimum Gasteiger partial charge on any atom is -0.493 e. The number of halogens is 1. The summed E-state index contributed by atoms with van der Waals surface area (Å²) in [6.07, 6.45) is 3.59. The van der Waals surface area contributed by atoms with Gasteiger partial charge in [0.05, 0.1) is 24.6 Å². The normalized spacial score (nSPS) is 20.7. The van der Waals surface area contributed by atoms with Crippen LogP contribution in [-0.2, 0) is 11.0 Å². The third-order valence-electron chi connectivity index (χ3n) is 7.73. The molecule has 2 fully saturated rings. The Balaban J connectivity index is 1.39. The number of hydrogen-bond acceptors (Lipinski definition) is 6. The van der Waals surface area contributed by atoms with Crippen LogP contribution in [0.25, 0.3) is 11.3 Å². The van der Waals surface area contributed by atoms with Crippen LogP contribution >= 0.6 is 0 Å². The SMILES string of the molecule is COc1cc(C(=O)CCC(C)(O)c2cc(C3(C)CCNC3)cc(-c3ccc(F)cc3)n2)ccc1OC1CC1. The molecule has 38 heavy (non-hydrogen) atoms.